The summed E-state index contributed by atoms with van der Waals surface area (Å²) in [4.78, 5) is 43.1. The second-order valence-corrected chi connectivity index (χ2v) is 11.8. The van der Waals surface area contributed by atoms with Crippen molar-refractivity contribution < 1.29 is 19.1 Å². The number of methoxy groups -OCH3 is 1. The van der Waals surface area contributed by atoms with Crippen molar-refractivity contribution in [1.82, 2.24) is 20.9 Å². The van der Waals surface area contributed by atoms with Gasteiger partial charge in [-0.05, 0) is 79.5 Å². The minimum atomic E-state index is -0.788. The Hall–Kier alpha value is -3.39. The predicted molar refractivity (Wildman–Crippen MR) is 149 cm³/mol. The molecule has 3 aliphatic rings. The Bertz CT molecular complexity index is 1270. The van der Waals surface area contributed by atoms with Gasteiger partial charge in [-0.15, -0.1) is 0 Å². The monoisotopic (exact) mass is 532 g/mol. The Labute approximate surface area is 230 Å². The van der Waals surface area contributed by atoms with Crippen LogP contribution in [0.25, 0.3) is 0 Å². The molecule has 1 saturated heterocycles. The third-order valence-electron chi connectivity index (χ3n) is 8.84. The van der Waals surface area contributed by atoms with Gasteiger partial charge in [-0.2, -0.15) is 0 Å². The van der Waals surface area contributed by atoms with Gasteiger partial charge in [0.25, 0.3) is 0 Å². The van der Waals surface area contributed by atoms with E-state index >= 15 is 0 Å². The first-order chi connectivity index (χ1) is 18.6. The van der Waals surface area contributed by atoms with Crippen LogP contribution in [-0.4, -0.2) is 54.9 Å². The molecule has 2 aromatic carbocycles. The number of nitrogens with one attached hydrogen (secondary N) is 3. The number of hydrogen-bond donors (Lipinski definition) is 3. The molecule has 5 atom stereocenters. The second-order valence-electron chi connectivity index (χ2n) is 11.8. The van der Waals surface area contributed by atoms with Gasteiger partial charge in [-0.25, -0.2) is 0 Å². The van der Waals surface area contributed by atoms with E-state index in [4.69, 9.17) is 4.74 Å². The minimum absolute atomic E-state index is 0.0806. The summed E-state index contributed by atoms with van der Waals surface area (Å²) in [6.07, 6.45) is 3.87. The maximum Gasteiger partial charge on any atom is 0.246 e. The highest BCUT2D eigenvalue weighted by molar-refractivity contribution is 5.95. The van der Waals surface area contributed by atoms with Crippen LogP contribution >= 0.6 is 0 Å². The lowest BCUT2D eigenvalue weighted by molar-refractivity contribution is -0.145. The van der Waals surface area contributed by atoms with E-state index in [2.05, 4.69) is 41.9 Å². The number of rotatable bonds is 6. The summed E-state index contributed by atoms with van der Waals surface area (Å²) in [5.74, 6) is 0.0904. The third-order valence-corrected chi connectivity index (χ3v) is 8.84. The van der Waals surface area contributed by atoms with Crippen molar-refractivity contribution in [3.63, 3.8) is 0 Å². The van der Waals surface area contributed by atoms with Crippen LogP contribution < -0.4 is 20.7 Å². The standard InChI is InChI=1S/C31H40N4O4/c1-18(32-4)28(36)34-25-16-20-15-21(39-5)13-14-23(20)26-17-31(2,3)27(35(26)30(25)38)29(37)33-24-12-8-10-19-9-6-7-11-22(19)24/h6-7,9,11,13-15,18,24-27,32H,8,10,12,16-17H2,1-5H3,(H,33,37)(H,34,36)/t18-,24+,25-,26+,27+/m0/s1. The lowest BCUT2D eigenvalue weighted by Crippen LogP contribution is -2.57. The molecule has 0 spiro atoms. The normalized spacial score (nSPS) is 26.0. The molecule has 5 rings (SSSR count). The van der Waals surface area contributed by atoms with E-state index in [9.17, 15) is 14.4 Å². The zero-order valence-corrected chi connectivity index (χ0v) is 23.5. The molecule has 208 valence electrons. The molecule has 2 aromatic rings. The number of likely N-dealkylation sites (N-methyl/N-ethyl adjacent to an activating group) is 1. The molecule has 0 radical (unpaired) electrons. The first kappa shape index (κ1) is 27.2. The first-order valence-electron chi connectivity index (χ1n) is 14.0. The Morgan fingerprint density at radius 3 is 2.56 bits per heavy atom. The number of aryl methyl sites for hydroxylation is 1. The smallest absolute Gasteiger partial charge is 0.246 e. The highest BCUT2D eigenvalue weighted by Crippen LogP contribution is 2.50. The Morgan fingerprint density at radius 1 is 1.05 bits per heavy atom. The second kappa shape index (κ2) is 10.6. The maximum atomic E-state index is 14.3. The molecule has 39 heavy (non-hydrogen) atoms. The number of ether oxygens (including phenoxy) is 1. The van der Waals surface area contributed by atoms with Crippen LogP contribution in [0, 0.1) is 5.41 Å². The summed E-state index contributed by atoms with van der Waals surface area (Å²) in [7, 11) is 3.33. The predicted octanol–water partition coefficient (Wildman–Crippen LogP) is 3.21. The highest BCUT2D eigenvalue weighted by atomic mass is 16.5. The molecular formula is C31H40N4O4. The number of amides is 3. The molecule has 1 fully saturated rings. The van der Waals surface area contributed by atoms with Crippen molar-refractivity contribution in [2.75, 3.05) is 14.2 Å². The van der Waals surface area contributed by atoms with E-state index in [-0.39, 0.29) is 29.8 Å². The van der Waals surface area contributed by atoms with Crippen molar-refractivity contribution in [2.24, 2.45) is 5.41 Å². The van der Waals surface area contributed by atoms with Crippen LogP contribution in [0.2, 0.25) is 0 Å². The summed E-state index contributed by atoms with van der Waals surface area (Å²) >= 11 is 0. The van der Waals surface area contributed by atoms with Crippen LogP contribution in [-0.2, 0) is 27.2 Å². The van der Waals surface area contributed by atoms with Gasteiger partial charge >= 0.3 is 0 Å². The van der Waals surface area contributed by atoms with E-state index in [0.717, 1.165) is 36.0 Å². The molecule has 1 aliphatic carbocycles. The molecule has 8 nitrogen and oxygen atoms in total. The number of carbonyl (C=O) groups excluding carboxylic acids is 3. The van der Waals surface area contributed by atoms with Gasteiger partial charge < -0.3 is 25.6 Å². The Morgan fingerprint density at radius 2 is 1.82 bits per heavy atom. The van der Waals surface area contributed by atoms with E-state index < -0.39 is 23.5 Å². The van der Waals surface area contributed by atoms with Crippen molar-refractivity contribution in [3.05, 3.63) is 64.7 Å². The van der Waals surface area contributed by atoms with Gasteiger partial charge in [0.2, 0.25) is 17.7 Å². The van der Waals surface area contributed by atoms with E-state index in [1.807, 2.05) is 30.3 Å². The Kier molecular flexibility index (Phi) is 7.42. The fourth-order valence-corrected chi connectivity index (χ4v) is 6.68. The van der Waals surface area contributed by atoms with Crippen LogP contribution in [0.4, 0.5) is 0 Å². The van der Waals surface area contributed by atoms with E-state index in [1.165, 1.54) is 5.56 Å². The number of hydrogen-bond acceptors (Lipinski definition) is 5. The fourth-order valence-electron chi connectivity index (χ4n) is 6.68. The van der Waals surface area contributed by atoms with Crippen molar-refractivity contribution in [2.45, 2.75) is 83.1 Å². The average Bonchev–Trinajstić information content (AvgIpc) is 3.17. The van der Waals surface area contributed by atoms with E-state index in [0.29, 0.717) is 18.6 Å². The van der Waals surface area contributed by atoms with Gasteiger partial charge in [0.1, 0.15) is 17.8 Å². The lowest BCUT2D eigenvalue weighted by atomic mass is 9.81. The molecule has 3 N–H and O–H groups in total. The van der Waals surface area contributed by atoms with Gasteiger partial charge in [-0.1, -0.05) is 44.2 Å². The molecule has 2 heterocycles. The topological polar surface area (TPSA) is 99.8 Å². The average molecular weight is 533 g/mol. The first-order valence-corrected chi connectivity index (χ1v) is 14.0. The molecule has 0 saturated carbocycles. The summed E-state index contributed by atoms with van der Waals surface area (Å²) in [6, 6.07) is 11.9. The number of carbonyl (C=O) groups is 3. The zero-order chi connectivity index (χ0) is 27.9. The van der Waals surface area contributed by atoms with Crippen LogP contribution in [0.1, 0.15) is 74.4 Å². The lowest BCUT2D eigenvalue weighted by Gasteiger charge is -2.36. The van der Waals surface area contributed by atoms with Crippen molar-refractivity contribution >= 4 is 17.7 Å². The van der Waals surface area contributed by atoms with Crippen LogP contribution in [0.5, 0.6) is 5.75 Å². The van der Waals surface area contributed by atoms with Gasteiger partial charge in [0.05, 0.1) is 25.2 Å². The van der Waals surface area contributed by atoms with Gasteiger partial charge in [-0.3, -0.25) is 14.4 Å². The number of nitrogens with zero attached hydrogens (tertiary/aromatic N) is 1. The quantitative estimate of drug-likeness (QED) is 0.531. The molecule has 0 bridgehead atoms. The summed E-state index contributed by atoms with van der Waals surface area (Å²) in [5.41, 5.74) is 3.92. The molecular weight excluding hydrogens is 492 g/mol. The third kappa shape index (κ3) is 5.02. The zero-order valence-electron chi connectivity index (χ0n) is 23.5. The Balaban J connectivity index is 1.51. The fraction of sp³-hybridized carbons (Fsp3) is 0.516. The van der Waals surface area contributed by atoms with Crippen molar-refractivity contribution in [1.29, 1.82) is 0 Å². The summed E-state index contributed by atoms with van der Waals surface area (Å²) < 4.78 is 5.48. The SMILES string of the molecule is CN[C@@H](C)C(=O)N[C@H]1Cc2cc(OC)ccc2[C@H]2CC(C)(C)[C@@H](C(=O)N[C@@H]3CCCc4ccccc43)N2C1=O. The molecule has 0 unspecified atom stereocenters. The van der Waals surface area contributed by atoms with Crippen LogP contribution in [0.15, 0.2) is 42.5 Å². The van der Waals surface area contributed by atoms with Crippen molar-refractivity contribution in [3.8, 4) is 5.75 Å². The summed E-state index contributed by atoms with van der Waals surface area (Å²) in [6.45, 7) is 5.88. The molecule has 8 heteroatoms. The number of fused-ring (bicyclic) bond motifs is 4. The number of benzene rings is 2. The molecule has 2 aliphatic heterocycles. The maximum absolute atomic E-state index is 14.3. The van der Waals surface area contributed by atoms with E-state index in [1.54, 1.807) is 26.0 Å². The summed E-state index contributed by atoms with van der Waals surface area (Å²) in [5, 5.41) is 9.23. The minimum Gasteiger partial charge on any atom is -0.497 e. The molecule has 0 aromatic heterocycles. The molecule has 3 amide bonds. The largest absolute Gasteiger partial charge is 0.497 e. The van der Waals surface area contributed by atoms with Crippen LogP contribution in [0.3, 0.4) is 0 Å². The highest BCUT2D eigenvalue weighted by Gasteiger charge is 2.55. The van der Waals surface area contributed by atoms with Gasteiger partial charge in [0.15, 0.2) is 0 Å². The van der Waals surface area contributed by atoms with Gasteiger partial charge in [0, 0.05) is 6.42 Å².